The van der Waals surface area contributed by atoms with Crippen LogP contribution in [0.1, 0.15) is 12.5 Å². The van der Waals surface area contributed by atoms with E-state index in [4.69, 9.17) is 21.1 Å². The van der Waals surface area contributed by atoms with E-state index in [1.54, 1.807) is 38.3 Å². The lowest BCUT2D eigenvalue weighted by molar-refractivity contribution is -0.139. The second-order valence-corrected chi connectivity index (χ2v) is 9.56. The zero-order valence-electron chi connectivity index (χ0n) is 19.2. The largest absolute Gasteiger partial charge is 0.497 e. The molecule has 0 heterocycles. The number of carbonyl (C=O) groups is 2. The molecular formula is C22H28ClN3O6S. The Morgan fingerprint density at radius 3 is 2.21 bits per heavy atom. The Kier molecular flexibility index (Phi) is 8.95. The number of nitrogens with zero attached hydrogens (tertiary/aromatic N) is 2. The van der Waals surface area contributed by atoms with Crippen molar-refractivity contribution in [1.29, 1.82) is 0 Å². The molecule has 0 unspecified atom stereocenters. The molecule has 2 aromatic carbocycles. The fourth-order valence-corrected chi connectivity index (χ4v) is 4.24. The third-order valence-corrected chi connectivity index (χ3v) is 6.46. The zero-order chi connectivity index (χ0) is 24.8. The number of likely N-dealkylation sites (N-methyl/N-ethyl adjacent to an activating group) is 1. The fourth-order valence-electron chi connectivity index (χ4n) is 3.14. The number of sulfonamides is 1. The van der Waals surface area contributed by atoms with Crippen LogP contribution in [0.15, 0.2) is 42.5 Å². The van der Waals surface area contributed by atoms with Gasteiger partial charge in [-0.1, -0.05) is 23.7 Å². The molecule has 33 heavy (non-hydrogen) atoms. The van der Waals surface area contributed by atoms with Crippen LogP contribution in [0.5, 0.6) is 11.5 Å². The minimum atomic E-state index is -3.85. The highest BCUT2D eigenvalue weighted by molar-refractivity contribution is 7.92. The summed E-state index contributed by atoms with van der Waals surface area (Å²) in [6.07, 6.45) is 0.994. The smallest absolute Gasteiger partial charge is 0.244 e. The van der Waals surface area contributed by atoms with Gasteiger partial charge in [0.15, 0.2) is 0 Å². The first-order chi connectivity index (χ1) is 15.5. The Morgan fingerprint density at radius 2 is 1.73 bits per heavy atom. The SMILES string of the molecule is CNC(=O)[C@@H](C)N(Cc1ccc(OC)cc1)C(=O)CN(c1ccc(OC)c(Cl)c1)S(C)(=O)=O. The highest BCUT2D eigenvalue weighted by Crippen LogP contribution is 2.30. The normalized spacial score (nSPS) is 11.9. The van der Waals surface area contributed by atoms with Crippen LogP contribution in [-0.2, 0) is 26.2 Å². The molecule has 0 aliphatic carbocycles. The van der Waals surface area contributed by atoms with Crippen molar-refractivity contribution >= 4 is 39.1 Å². The third-order valence-electron chi connectivity index (χ3n) is 5.03. The van der Waals surface area contributed by atoms with Crippen LogP contribution < -0.4 is 19.1 Å². The molecule has 0 aliphatic heterocycles. The molecule has 0 spiro atoms. The lowest BCUT2D eigenvalue weighted by Crippen LogP contribution is -2.50. The van der Waals surface area contributed by atoms with Gasteiger partial charge in [0.25, 0.3) is 0 Å². The molecule has 9 nitrogen and oxygen atoms in total. The van der Waals surface area contributed by atoms with Gasteiger partial charge in [0, 0.05) is 13.6 Å². The minimum absolute atomic E-state index is 0.0956. The fraction of sp³-hybridized carbons (Fsp3) is 0.364. The number of carbonyl (C=O) groups excluding carboxylic acids is 2. The molecule has 1 N–H and O–H groups in total. The van der Waals surface area contributed by atoms with Crippen molar-refractivity contribution in [2.45, 2.75) is 19.5 Å². The average Bonchev–Trinajstić information content (AvgIpc) is 2.79. The van der Waals surface area contributed by atoms with Crippen LogP contribution in [0.25, 0.3) is 0 Å². The zero-order valence-corrected chi connectivity index (χ0v) is 20.7. The Hall–Kier alpha value is -2.98. The molecule has 0 aromatic heterocycles. The summed E-state index contributed by atoms with van der Waals surface area (Å²) in [7, 11) is 0.608. The Bertz CT molecular complexity index is 1090. The van der Waals surface area contributed by atoms with Gasteiger partial charge in [-0.3, -0.25) is 13.9 Å². The maximum absolute atomic E-state index is 13.3. The van der Waals surface area contributed by atoms with Gasteiger partial charge in [0.1, 0.15) is 24.1 Å². The third kappa shape index (κ3) is 6.75. The monoisotopic (exact) mass is 497 g/mol. The van der Waals surface area contributed by atoms with Gasteiger partial charge in [-0.2, -0.15) is 0 Å². The number of rotatable bonds is 10. The van der Waals surface area contributed by atoms with Crippen molar-refractivity contribution < 1.29 is 27.5 Å². The van der Waals surface area contributed by atoms with Crippen LogP contribution in [0.4, 0.5) is 5.69 Å². The number of hydrogen-bond acceptors (Lipinski definition) is 6. The number of anilines is 1. The number of benzene rings is 2. The second kappa shape index (κ2) is 11.2. The molecule has 1 atom stereocenters. The van der Waals surface area contributed by atoms with Crippen molar-refractivity contribution in [3.8, 4) is 11.5 Å². The molecule has 0 saturated carbocycles. The topological polar surface area (TPSA) is 105 Å². The Morgan fingerprint density at radius 1 is 1.09 bits per heavy atom. The molecule has 0 bridgehead atoms. The van der Waals surface area contributed by atoms with Crippen LogP contribution in [0, 0.1) is 0 Å². The van der Waals surface area contributed by atoms with Gasteiger partial charge in [-0.05, 0) is 42.8 Å². The summed E-state index contributed by atoms with van der Waals surface area (Å²) in [5.74, 6) is 0.0831. The molecule has 0 saturated heterocycles. The number of ether oxygens (including phenoxy) is 2. The van der Waals surface area contributed by atoms with Crippen LogP contribution in [0.2, 0.25) is 5.02 Å². The lowest BCUT2D eigenvalue weighted by atomic mass is 10.1. The van der Waals surface area contributed by atoms with Crippen molar-refractivity contribution in [3.05, 3.63) is 53.1 Å². The molecule has 180 valence electrons. The number of nitrogens with one attached hydrogen (secondary N) is 1. The predicted molar refractivity (Wildman–Crippen MR) is 127 cm³/mol. The molecular weight excluding hydrogens is 470 g/mol. The van der Waals surface area contributed by atoms with Crippen LogP contribution in [0.3, 0.4) is 0 Å². The molecule has 2 aromatic rings. The van der Waals surface area contributed by atoms with E-state index in [-0.39, 0.29) is 23.2 Å². The average molecular weight is 498 g/mol. The highest BCUT2D eigenvalue weighted by atomic mass is 35.5. The van der Waals surface area contributed by atoms with Crippen LogP contribution >= 0.6 is 11.6 Å². The van der Waals surface area contributed by atoms with Crippen molar-refractivity contribution in [1.82, 2.24) is 10.2 Å². The van der Waals surface area contributed by atoms with E-state index in [9.17, 15) is 18.0 Å². The van der Waals surface area contributed by atoms with E-state index in [2.05, 4.69) is 5.32 Å². The van der Waals surface area contributed by atoms with Crippen molar-refractivity contribution in [2.24, 2.45) is 0 Å². The summed E-state index contributed by atoms with van der Waals surface area (Å²) in [5, 5.41) is 2.72. The molecule has 2 amide bonds. The van der Waals surface area contributed by atoms with Gasteiger partial charge in [0.05, 0.1) is 31.2 Å². The number of hydrogen-bond donors (Lipinski definition) is 1. The maximum atomic E-state index is 13.3. The van der Waals surface area contributed by atoms with Gasteiger partial charge >= 0.3 is 0 Å². The van der Waals surface area contributed by atoms with Gasteiger partial charge in [-0.15, -0.1) is 0 Å². The first-order valence-electron chi connectivity index (χ1n) is 9.97. The highest BCUT2D eigenvalue weighted by Gasteiger charge is 2.30. The summed E-state index contributed by atoms with van der Waals surface area (Å²) in [5.41, 5.74) is 0.951. The number of halogens is 1. The molecule has 2 rings (SSSR count). The number of amides is 2. The van der Waals surface area contributed by atoms with E-state index in [1.165, 1.54) is 37.3 Å². The van der Waals surface area contributed by atoms with E-state index in [0.29, 0.717) is 11.5 Å². The molecule has 11 heteroatoms. The Balaban J connectivity index is 2.39. The van der Waals surface area contributed by atoms with Crippen molar-refractivity contribution in [2.75, 3.05) is 38.4 Å². The molecule has 0 fully saturated rings. The van der Waals surface area contributed by atoms with Gasteiger partial charge < -0.3 is 19.7 Å². The van der Waals surface area contributed by atoms with Gasteiger partial charge in [0.2, 0.25) is 21.8 Å². The quantitative estimate of drug-likeness (QED) is 0.540. The summed E-state index contributed by atoms with van der Waals surface area (Å²) >= 11 is 6.16. The van der Waals surface area contributed by atoms with E-state index in [0.717, 1.165) is 16.1 Å². The van der Waals surface area contributed by atoms with Crippen molar-refractivity contribution in [3.63, 3.8) is 0 Å². The standard InChI is InChI=1S/C22H28ClN3O6S/c1-15(22(28)24-2)25(13-16-6-9-18(31-3)10-7-16)21(27)14-26(33(5,29)30)17-8-11-20(32-4)19(23)12-17/h6-12,15H,13-14H2,1-5H3,(H,24,28)/t15-/m1/s1. The summed E-state index contributed by atoms with van der Waals surface area (Å²) in [6, 6.07) is 10.6. The first kappa shape index (κ1) is 26.3. The summed E-state index contributed by atoms with van der Waals surface area (Å²) in [4.78, 5) is 27.0. The maximum Gasteiger partial charge on any atom is 0.244 e. The van der Waals surface area contributed by atoms with Gasteiger partial charge in [-0.25, -0.2) is 8.42 Å². The Labute approximate surface area is 199 Å². The lowest BCUT2D eigenvalue weighted by Gasteiger charge is -2.31. The number of methoxy groups -OCH3 is 2. The molecule has 0 aliphatic rings. The van der Waals surface area contributed by atoms with E-state index >= 15 is 0 Å². The van der Waals surface area contributed by atoms with Crippen LogP contribution in [-0.4, -0.2) is 65.2 Å². The second-order valence-electron chi connectivity index (χ2n) is 7.25. The summed E-state index contributed by atoms with van der Waals surface area (Å²) < 4.78 is 36.3. The van der Waals surface area contributed by atoms with E-state index in [1.807, 2.05) is 0 Å². The summed E-state index contributed by atoms with van der Waals surface area (Å²) in [6.45, 7) is 1.16. The minimum Gasteiger partial charge on any atom is -0.497 e. The molecule has 0 radical (unpaired) electrons. The van der Waals surface area contributed by atoms with E-state index < -0.39 is 28.5 Å². The predicted octanol–water partition coefficient (Wildman–Crippen LogP) is 2.29. The first-order valence-corrected chi connectivity index (χ1v) is 12.2.